The van der Waals surface area contributed by atoms with Gasteiger partial charge in [-0.2, -0.15) is 4.31 Å². The van der Waals surface area contributed by atoms with Gasteiger partial charge in [-0.1, -0.05) is 11.6 Å². The summed E-state index contributed by atoms with van der Waals surface area (Å²) in [4.78, 5) is 16.4. The smallest absolute Gasteiger partial charge is 0.244 e. The molecule has 0 spiro atoms. The molecule has 2 fully saturated rings. The van der Waals surface area contributed by atoms with Crippen LogP contribution in [0.5, 0.6) is 0 Å². The van der Waals surface area contributed by atoms with Gasteiger partial charge in [0.25, 0.3) is 0 Å². The SMILES string of the molecule is O=C(CC1CCCN1S(=O)(=O)c1cccnc1)NCC1C[C@@H]2CC=C12. The van der Waals surface area contributed by atoms with Crippen LogP contribution in [0.1, 0.15) is 32.1 Å². The average Bonchev–Trinajstić information content (AvgIpc) is 3.05. The minimum absolute atomic E-state index is 0.0540. The van der Waals surface area contributed by atoms with Crippen molar-refractivity contribution in [3.8, 4) is 0 Å². The van der Waals surface area contributed by atoms with Crippen LogP contribution in [-0.4, -0.2) is 42.7 Å². The number of fused-ring (bicyclic) bond motifs is 1. The van der Waals surface area contributed by atoms with Crippen LogP contribution < -0.4 is 5.32 Å². The molecule has 2 heterocycles. The lowest BCUT2D eigenvalue weighted by atomic mass is 9.61. The van der Waals surface area contributed by atoms with Gasteiger partial charge in [-0.25, -0.2) is 8.42 Å². The number of allylic oxidation sites excluding steroid dienone is 1. The third-order valence-electron chi connectivity index (χ3n) is 5.68. The van der Waals surface area contributed by atoms with Crippen LogP contribution in [-0.2, 0) is 14.8 Å². The molecule has 1 N–H and O–H groups in total. The number of nitrogens with zero attached hydrogens (tertiary/aromatic N) is 2. The highest BCUT2D eigenvalue weighted by atomic mass is 32.2. The van der Waals surface area contributed by atoms with E-state index in [1.54, 1.807) is 18.3 Å². The van der Waals surface area contributed by atoms with Crippen molar-refractivity contribution in [1.29, 1.82) is 0 Å². The molecule has 0 radical (unpaired) electrons. The molecule has 4 rings (SSSR count). The summed E-state index contributed by atoms with van der Waals surface area (Å²) in [6.07, 6.45) is 9.30. The van der Waals surface area contributed by atoms with Crippen LogP contribution >= 0.6 is 0 Å². The van der Waals surface area contributed by atoms with Crippen molar-refractivity contribution in [3.63, 3.8) is 0 Å². The maximum Gasteiger partial charge on any atom is 0.244 e. The van der Waals surface area contributed by atoms with E-state index < -0.39 is 10.0 Å². The molecule has 1 amide bonds. The van der Waals surface area contributed by atoms with Crippen LogP contribution in [0.25, 0.3) is 0 Å². The van der Waals surface area contributed by atoms with Crippen LogP contribution in [0.4, 0.5) is 0 Å². The molecule has 1 aliphatic heterocycles. The van der Waals surface area contributed by atoms with Gasteiger partial charge in [0.2, 0.25) is 15.9 Å². The van der Waals surface area contributed by atoms with E-state index in [2.05, 4.69) is 16.4 Å². The fourth-order valence-electron chi connectivity index (χ4n) is 4.16. The monoisotopic (exact) mass is 361 g/mol. The third-order valence-corrected chi connectivity index (χ3v) is 7.62. The summed E-state index contributed by atoms with van der Waals surface area (Å²) in [6, 6.07) is 2.91. The van der Waals surface area contributed by atoms with Crippen molar-refractivity contribution in [2.75, 3.05) is 13.1 Å². The molecule has 0 bridgehead atoms. The summed E-state index contributed by atoms with van der Waals surface area (Å²) in [5.41, 5.74) is 1.50. The van der Waals surface area contributed by atoms with Crippen molar-refractivity contribution in [2.45, 2.75) is 43.0 Å². The summed E-state index contributed by atoms with van der Waals surface area (Å²) < 4.78 is 27.0. The summed E-state index contributed by atoms with van der Waals surface area (Å²) in [7, 11) is -3.58. The Labute approximate surface area is 148 Å². The molecular weight excluding hydrogens is 338 g/mol. The average molecular weight is 361 g/mol. The molecule has 7 heteroatoms. The number of hydrogen-bond acceptors (Lipinski definition) is 4. The minimum atomic E-state index is -3.58. The molecule has 1 aromatic heterocycles. The molecule has 1 aromatic rings. The summed E-state index contributed by atoms with van der Waals surface area (Å²) in [6.45, 7) is 1.15. The molecule has 0 aromatic carbocycles. The van der Waals surface area contributed by atoms with E-state index in [0.717, 1.165) is 18.8 Å². The summed E-state index contributed by atoms with van der Waals surface area (Å²) in [5.74, 6) is 1.22. The second kappa shape index (κ2) is 6.53. The fourth-order valence-corrected chi connectivity index (χ4v) is 5.82. The van der Waals surface area contributed by atoms with E-state index in [9.17, 15) is 13.2 Å². The Bertz CT molecular complexity index is 791. The zero-order chi connectivity index (χ0) is 17.4. The van der Waals surface area contributed by atoms with Gasteiger partial charge < -0.3 is 5.32 Å². The number of aromatic nitrogens is 1. The number of hydrogen-bond donors (Lipinski definition) is 1. The van der Waals surface area contributed by atoms with Crippen molar-refractivity contribution in [2.24, 2.45) is 11.8 Å². The molecule has 25 heavy (non-hydrogen) atoms. The third kappa shape index (κ3) is 3.11. The van der Waals surface area contributed by atoms with Gasteiger partial charge in [0, 0.05) is 37.9 Å². The predicted molar refractivity (Wildman–Crippen MR) is 93.1 cm³/mol. The minimum Gasteiger partial charge on any atom is -0.355 e. The van der Waals surface area contributed by atoms with E-state index >= 15 is 0 Å². The number of pyridine rings is 1. The fraction of sp³-hybridized carbons (Fsp3) is 0.556. The largest absolute Gasteiger partial charge is 0.355 e. The molecule has 2 unspecified atom stereocenters. The van der Waals surface area contributed by atoms with E-state index in [1.807, 2.05) is 0 Å². The Balaban J connectivity index is 1.35. The van der Waals surface area contributed by atoms with Crippen molar-refractivity contribution < 1.29 is 13.2 Å². The number of amides is 1. The van der Waals surface area contributed by atoms with Crippen LogP contribution in [0, 0.1) is 11.8 Å². The van der Waals surface area contributed by atoms with Crippen molar-refractivity contribution in [1.82, 2.24) is 14.6 Å². The Morgan fingerprint density at radius 3 is 2.92 bits per heavy atom. The maximum absolute atomic E-state index is 12.8. The predicted octanol–water partition coefficient (Wildman–Crippen LogP) is 1.71. The number of sulfonamides is 1. The normalized spacial score (nSPS) is 28.5. The highest BCUT2D eigenvalue weighted by Crippen LogP contribution is 2.48. The molecule has 1 saturated heterocycles. The number of carbonyl (C=O) groups excluding carboxylic acids is 1. The Morgan fingerprint density at radius 2 is 2.28 bits per heavy atom. The van der Waals surface area contributed by atoms with E-state index in [0.29, 0.717) is 19.0 Å². The second-order valence-corrected chi connectivity index (χ2v) is 9.07. The number of carbonyl (C=O) groups is 1. The quantitative estimate of drug-likeness (QED) is 0.782. The lowest BCUT2D eigenvalue weighted by Gasteiger charge is -2.45. The first-order chi connectivity index (χ1) is 12.1. The Morgan fingerprint density at radius 1 is 1.40 bits per heavy atom. The molecule has 134 valence electrons. The molecule has 3 atom stereocenters. The molecule has 6 nitrogen and oxygen atoms in total. The van der Waals surface area contributed by atoms with E-state index in [4.69, 9.17) is 0 Å². The van der Waals surface area contributed by atoms with Gasteiger partial charge in [-0.3, -0.25) is 9.78 Å². The molecular formula is C18H23N3O3S. The van der Waals surface area contributed by atoms with Gasteiger partial charge in [0.15, 0.2) is 0 Å². The zero-order valence-corrected chi connectivity index (χ0v) is 14.9. The lowest BCUT2D eigenvalue weighted by molar-refractivity contribution is -0.122. The van der Waals surface area contributed by atoms with Gasteiger partial charge in [0.1, 0.15) is 4.90 Å². The number of rotatable bonds is 6. The van der Waals surface area contributed by atoms with Gasteiger partial charge in [0.05, 0.1) is 0 Å². The lowest BCUT2D eigenvalue weighted by Crippen LogP contribution is -2.43. The first-order valence-corrected chi connectivity index (χ1v) is 10.4. The van der Waals surface area contributed by atoms with Crippen LogP contribution in [0.3, 0.4) is 0 Å². The molecule has 3 aliphatic rings. The highest BCUT2D eigenvalue weighted by Gasteiger charge is 2.40. The van der Waals surface area contributed by atoms with Gasteiger partial charge in [-0.05, 0) is 49.7 Å². The topological polar surface area (TPSA) is 79.4 Å². The summed E-state index contributed by atoms with van der Waals surface area (Å²) in [5, 5.41) is 2.99. The standard InChI is InChI=1S/C18H23N3O3S/c22-18(20-11-14-9-13-5-6-17(13)14)10-15-3-2-8-21(15)25(23,24)16-4-1-7-19-12-16/h1,4,6-7,12-15H,2-3,5,8-11H2,(H,20,22)/t13-,14?,15?/m0/s1. The molecule has 1 saturated carbocycles. The Kier molecular flexibility index (Phi) is 4.37. The van der Waals surface area contributed by atoms with E-state index in [-0.39, 0.29) is 23.3 Å². The van der Waals surface area contributed by atoms with Crippen LogP contribution in [0.15, 0.2) is 41.1 Å². The van der Waals surface area contributed by atoms with Crippen molar-refractivity contribution >= 4 is 15.9 Å². The Hall–Kier alpha value is -1.73. The number of nitrogens with one attached hydrogen (secondary N) is 1. The highest BCUT2D eigenvalue weighted by molar-refractivity contribution is 7.89. The maximum atomic E-state index is 12.8. The van der Waals surface area contributed by atoms with Crippen LogP contribution in [0.2, 0.25) is 0 Å². The van der Waals surface area contributed by atoms with E-state index in [1.165, 1.54) is 28.9 Å². The van der Waals surface area contributed by atoms with Gasteiger partial charge in [-0.15, -0.1) is 0 Å². The first-order valence-electron chi connectivity index (χ1n) is 8.94. The summed E-state index contributed by atoms with van der Waals surface area (Å²) >= 11 is 0. The zero-order valence-electron chi connectivity index (χ0n) is 14.1. The second-order valence-electron chi connectivity index (χ2n) is 7.18. The first kappa shape index (κ1) is 16.7. The molecule has 2 aliphatic carbocycles. The van der Waals surface area contributed by atoms with Crippen molar-refractivity contribution in [3.05, 3.63) is 36.2 Å². The van der Waals surface area contributed by atoms with Gasteiger partial charge >= 0.3 is 0 Å².